The largest absolute Gasteiger partial charge is 0.496 e. The Bertz CT molecular complexity index is 914. The molecule has 1 atom stereocenters. The Morgan fingerprint density at radius 1 is 1.16 bits per heavy atom. The Morgan fingerprint density at radius 3 is 2.52 bits per heavy atom. The molecule has 0 radical (unpaired) electrons. The van der Waals surface area contributed by atoms with Crippen LogP contribution in [0.2, 0.25) is 5.02 Å². The van der Waals surface area contributed by atoms with Gasteiger partial charge >= 0.3 is 0 Å². The van der Waals surface area contributed by atoms with Gasteiger partial charge in [-0.25, -0.2) is 5.43 Å². The first kappa shape index (κ1) is 24.2. The highest BCUT2D eigenvalue weighted by molar-refractivity contribution is 6.30. The lowest BCUT2D eigenvalue weighted by molar-refractivity contribution is -0.130. The van der Waals surface area contributed by atoms with E-state index in [-0.39, 0.29) is 12.5 Å². The van der Waals surface area contributed by atoms with Crippen molar-refractivity contribution >= 4 is 29.6 Å². The topological polar surface area (TPSA) is 89.0 Å². The van der Waals surface area contributed by atoms with Crippen molar-refractivity contribution in [2.24, 2.45) is 11.0 Å². The summed E-state index contributed by atoms with van der Waals surface area (Å²) in [6, 6.07) is 11.6. The highest BCUT2D eigenvalue weighted by Gasteiger charge is 2.22. The van der Waals surface area contributed by atoms with Crippen LogP contribution in [0.5, 0.6) is 11.5 Å². The summed E-state index contributed by atoms with van der Waals surface area (Å²) < 4.78 is 10.7. The average molecular weight is 446 g/mol. The Labute approximate surface area is 187 Å². The van der Waals surface area contributed by atoms with Gasteiger partial charge in [-0.15, -0.1) is 0 Å². The molecule has 2 aromatic carbocycles. The Kier molecular flexibility index (Phi) is 9.34. The van der Waals surface area contributed by atoms with Crippen LogP contribution in [-0.4, -0.2) is 37.8 Å². The molecule has 2 rings (SSSR count). The number of nitrogens with one attached hydrogen (secondary N) is 2. The number of methoxy groups -OCH3 is 1. The van der Waals surface area contributed by atoms with Crippen LogP contribution in [0.4, 0.5) is 0 Å². The number of rotatable bonds is 10. The lowest BCUT2D eigenvalue weighted by Crippen LogP contribution is -2.47. The molecule has 8 heteroatoms. The summed E-state index contributed by atoms with van der Waals surface area (Å²) in [5, 5.41) is 7.30. The summed E-state index contributed by atoms with van der Waals surface area (Å²) in [5.74, 6) is 0.647. The smallest absolute Gasteiger partial charge is 0.262 e. The number of hydrogen-bond donors (Lipinski definition) is 2. The van der Waals surface area contributed by atoms with Gasteiger partial charge in [0.05, 0.1) is 13.3 Å². The zero-order valence-corrected chi connectivity index (χ0v) is 18.9. The van der Waals surface area contributed by atoms with Gasteiger partial charge in [-0.3, -0.25) is 9.59 Å². The van der Waals surface area contributed by atoms with Crippen molar-refractivity contribution in [1.82, 2.24) is 10.7 Å². The van der Waals surface area contributed by atoms with Gasteiger partial charge < -0.3 is 14.8 Å². The van der Waals surface area contributed by atoms with Gasteiger partial charge in [0.2, 0.25) is 0 Å². The molecule has 0 aliphatic heterocycles. The molecule has 0 bridgehead atoms. The van der Waals surface area contributed by atoms with Crippen molar-refractivity contribution in [2.45, 2.75) is 33.2 Å². The fourth-order valence-corrected chi connectivity index (χ4v) is 2.91. The fourth-order valence-electron chi connectivity index (χ4n) is 2.78. The van der Waals surface area contributed by atoms with E-state index in [1.165, 1.54) is 6.21 Å². The number of carbonyl (C=O) groups excluding carboxylic acids is 2. The van der Waals surface area contributed by atoms with E-state index >= 15 is 0 Å². The number of hydrazone groups is 1. The number of nitrogens with zero attached hydrogens (tertiary/aromatic N) is 1. The average Bonchev–Trinajstić information content (AvgIpc) is 2.73. The second-order valence-electron chi connectivity index (χ2n) is 7.46. The molecule has 0 aromatic heterocycles. The summed E-state index contributed by atoms with van der Waals surface area (Å²) in [6.45, 7) is 5.67. The van der Waals surface area contributed by atoms with E-state index in [1.807, 2.05) is 39.0 Å². The fraction of sp³-hybridized carbons (Fsp3) is 0.348. The zero-order chi connectivity index (χ0) is 22.8. The minimum absolute atomic E-state index is 0.193. The number of carbonyl (C=O) groups is 2. The highest BCUT2D eigenvalue weighted by atomic mass is 35.5. The summed E-state index contributed by atoms with van der Waals surface area (Å²) in [6.07, 6.45) is 1.99. The van der Waals surface area contributed by atoms with E-state index in [1.54, 1.807) is 31.4 Å². The van der Waals surface area contributed by atoms with E-state index in [0.717, 1.165) is 16.9 Å². The van der Waals surface area contributed by atoms with Gasteiger partial charge in [0.15, 0.2) is 6.61 Å². The number of halogens is 1. The second-order valence-corrected chi connectivity index (χ2v) is 7.89. The molecule has 0 unspecified atom stereocenters. The van der Waals surface area contributed by atoms with Crippen LogP contribution < -0.4 is 20.2 Å². The lowest BCUT2D eigenvalue weighted by Gasteiger charge is -2.19. The molecule has 0 saturated carbocycles. The van der Waals surface area contributed by atoms with E-state index in [9.17, 15) is 9.59 Å². The molecule has 0 aliphatic carbocycles. The van der Waals surface area contributed by atoms with Crippen molar-refractivity contribution in [3.05, 3.63) is 58.6 Å². The molecule has 2 N–H and O–H groups in total. The van der Waals surface area contributed by atoms with Crippen molar-refractivity contribution < 1.29 is 19.1 Å². The van der Waals surface area contributed by atoms with Crippen LogP contribution in [0, 0.1) is 12.8 Å². The molecule has 2 amide bonds. The number of aryl methyl sites for hydroxylation is 1. The van der Waals surface area contributed by atoms with Gasteiger partial charge in [0, 0.05) is 5.02 Å². The minimum Gasteiger partial charge on any atom is -0.496 e. The Morgan fingerprint density at radius 2 is 1.87 bits per heavy atom. The molecule has 0 aliphatic rings. The van der Waals surface area contributed by atoms with Crippen LogP contribution in [-0.2, 0) is 9.59 Å². The second kappa shape index (κ2) is 12.0. The number of benzene rings is 2. The van der Waals surface area contributed by atoms with Gasteiger partial charge in [-0.1, -0.05) is 37.6 Å². The van der Waals surface area contributed by atoms with E-state index in [0.29, 0.717) is 17.2 Å². The standard InChI is InChI=1S/C23H28ClN3O4/c1-15(2)11-20(26-22(28)14-31-19-9-7-18(24)8-10-19)23(29)27-25-13-17-6-5-16(3)21(12-17)30-4/h5-10,12-13,15,20H,11,14H2,1-4H3,(H,26,28)(H,27,29)/b25-13-/t20-/m0/s1. The van der Waals surface area contributed by atoms with E-state index < -0.39 is 17.9 Å². The Balaban J connectivity index is 1.93. The maximum Gasteiger partial charge on any atom is 0.262 e. The molecule has 0 spiro atoms. The third kappa shape index (κ3) is 8.30. The monoisotopic (exact) mass is 445 g/mol. The molecule has 166 valence electrons. The van der Waals surface area contributed by atoms with Gasteiger partial charge in [-0.2, -0.15) is 5.10 Å². The summed E-state index contributed by atoms with van der Waals surface area (Å²) in [5.41, 5.74) is 4.28. The molecular formula is C23H28ClN3O4. The van der Waals surface area contributed by atoms with Gasteiger partial charge in [-0.05, 0) is 60.7 Å². The van der Waals surface area contributed by atoms with Gasteiger partial charge in [0.25, 0.3) is 11.8 Å². The van der Waals surface area contributed by atoms with Crippen molar-refractivity contribution in [3.63, 3.8) is 0 Å². The van der Waals surface area contributed by atoms with Crippen LogP contribution in [0.1, 0.15) is 31.4 Å². The van der Waals surface area contributed by atoms with E-state index in [2.05, 4.69) is 15.8 Å². The Hall–Kier alpha value is -3.06. The van der Waals surface area contributed by atoms with Crippen LogP contribution in [0.25, 0.3) is 0 Å². The number of ether oxygens (including phenoxy) is 2. The molecule has 31 heavy (non-hydrogen) atoms. The predicted molar refractivity (Wildman–Crippen MR) is 122 cm³/mol. The molecular weight excluding hydrogens is 418 g/mol. The first-order valence-corrected chi connectivity index (χ1v) is 10.3. The third-order valence-corrected chi connectivity index (χ3v) is 4.61. The third-order valence-electron chi connectivity index (χ3n) is 4.36. The zero-order valence-electron chi connectivity index (χ0n) is 18.1. The number of hydrogen-bond acceptors (Lipinski definition) is 5. The normalized spacial score (nSPS) is 11.9. The molecule has 0 fully saturated rings. The van der Waals surface area contributed by atoms with Crippen LogP contribution in [0.3, 0.4) is 0 Å². The minimum atomic E-state index is -0.731. The maximum atomic E-state index is 12.6. The summed E-state index contributed by atoms with van der Waals surface area (Å²) >= 11 is 5.83. The van der Waals surface area contributed by atoms with Crippen LogP contribution >= 0.6 is 11.6 Å². The van der Waals surface area contributed by atoms with Crippen molar-refractivity contribution in [2.75, 3.05) is 13.7 Å². The lowest BCUT2D eigenvalue weighted by atomic mass is 10.0. The SMILES string of the molecule is COc1cc(/C=N\NC(=O)[C@H](CC(C)C)NC(=O)COc2ccc(Cl)cc2)ccc1C. The molecule has 0 heterocycles. The van der Waals surface area contributed by atoms with Crippen molar-refractivity contribution in [1.29, 1.82) is 0 Å². The first-order chi connectivity index (χ1) is 14.8. The summed E-state index contributed by atoms with van der Waals surface area (Å²) in [4.78, 5) is 24.9. The number of amides is 2. The maximum absolute atomic E-state index is 12.6. The van der Waals surface area contributed by atoms with E-state index in [4.69, 9.17) is 21.1 Å². The first-order valence-electron chi connectivity index (χ1n) is 9.93. The van der Waals surface area contributed by atoms with Gasteiger partial charge in [0.1, 0.15) is 17.5 Å². The predicted octanol–water partition coefficient (Wildman–Crippen LogP) is 3.72. The summed E-state index contributed by atoms with van der Waals surface area (Å²) in [7, 11) is 1.60. The van der Waals surface area contributed by atoms with Crippen LogP contribution in [0.15, 0.2) is 47.6 Å². The highest BCUT2D eigenvalue weighted by Crippen LogP contribution is 2.18. The molecule has 0 saturated heterocycles. The van der Waals surface area contributed by atoms with Crippen molar-refractivity contribution in [3.8, 4) is 11.5 Å². The molecule has 2 aromatic rings. The molecule has 7 nitrogen and oxygen atoms in total. The quantitative estimate of drug-likeness (QED) is 0.431.